The van der Waals surface area contributed by atoms with E-state index in [0.29, 0.717) is 0 Å². The van der Waals surface area contributed by atoms with Crippen LogP contribution in [-0.2, 0) is 14.9 Å². The van der Waals surface area contributed by atoms with Crippen LogP contribution in [0.3, 0.4) is 0 Å². The third-order valence-electron chi connectivity index (χ3n) is 1.58. The first-order valence-corrected chi connectivity index (χ1v) is 6.57. The zero-order valence-electron chi connectivity index (χ0n) is 7.98. The topological polar surface area (TPSA) is 80.7 Å². The normalized spacial score (nSPS) is 11.3. The summed E-state index contributed by atoms with van der Waals surface area (Å²) in [5, 5.41) is -1.02. The van der Waals surface area contributed by atoms with Gasteiger partial charge < -0.3 is 4.74 Å². The second kappa shape index (κ2) is 5.41. The van der Waals surface area contributed by atoms with Crippen molar-refractivity contribution in [2.24, 2.45) is 0 Å². The Balaban J connectivity index is 3.31. The van der Waals surface area contributed by atoms with Gasteiger partial charge >= 0.3 is 0 Å². The summed E-state index contributed by atoms with van der Waals surface area (Å²) in [6.45, 7) is -0.592. The van der Waals surface area contributed by atoms with Gasteiger partial charge in [0.1, 0.15) is 4.90 Å². The van der Waals surface area contributed by atoms with Crippen molar-refractivity contribution in [2.45, 2.75) is 4.90 Å². The molecule has 1 rings (SSSR count). The molecule has 0 aliphatic heterocycles. The van der Waals surface area contributed by atoms with Crippen molar-refractivity contribution < 1.29 is 22.5 Å². The number of carbonyl (C=O) groups is 1. The number of hydrogen-bond acceptors (Lipinski definition) is 4. The Morgan fingerprint density at radius 1 is 1.35 bits per heavy atom. The molecule has 0 saturated carbocycles. The highest BCUT2D eigenvalue weighted by Crippen LogP contribution is 2.35. The van der Waals surface area contributed by atoms with Gasteiger partial charge in [0, 0.05) is 5.02 Å². The monoisotopic (exact) mass is 318 g/mol. The Labute approximate surface area is 112 Å². The minimum Gasteiger partial charge on any atom is -0.481 e. The molecule has 17 heavy (non-hydrogen) atoms. The summed E-state index contributed by atoms with van der Waals surface area (Å²) >= 11 is 16.3. The fraction of sp³-hybridized carbons (Fsp3) is 0.125. The number of halogens is 3. The molecule has 0 bridgehead atoms. The van der Waals surface area contributed by atoms with Crippen molar-refractivity contribution in [3.63, 3.8) is 0 Å². The molecule has 0 atom stereocenters. The van der Waals surface area contributed by atoms with Gasteiger partial charge in [-0.3, -0.25) is 9.35 Å². The van der Waals surface area contributed by atoms with Crippen molar-refractivity contribution in [2.75, 3.05) is 6.61 Å². The molecular weight excluding hydrogens is 315 g/mol. The molecule has 0 radical (unpaired) electrons. The van der Waals surface area contributed by atoms with Crippen molar-refractivity contribution in [1.82, 2.24) is 0 Å². The molecule has 0 unspecified atom stereocenters. The largest absolute Gasteiger partial charge is 0.481 e. The maximum absolute atomic E-state index is 11.0. The number of hydrogen-bond donors (Lipinski definition) is 1. The van der Waals surface area contributed by atoms with E-state index >= 15 is 0 Å². The molecule has 0 spiro atoms. The maximum Gasteiger partial charge on any atom is 0.298 e. The highest BCUT2D eigenvalue weighted by molar-refractivity contribution is 7.86. The van der Waals surface area contributed by atoms with Gasteiger partial charge in [-0.05, 0) is 23.7 Å². The minimum atomic E-state index is -4.57. The van der Waals surface area contributed by atoms with E-state index in [1.165, 1.54) is 6.07 Å². The van der Waals surface area contributed by atoms with Gasteiger partial charge in [-0.2, -0.15) is 8.42 Å². The minimum absolute atomic E-state index is 0.00725. The van der Waals surface area contributed by atoms with Gasteiger partial charge in [-0.25, -0.2) is 0 Å². The van der Waals surface area contributed by atoms with Crippen LogP contribution in [-0.4, -0.2) is 24.8 Å². The summed E-state index contributed by atoms with van der Waals surface area (Å²) in [7, 11) is -4.57. The summed E-state index contributed by atoms with van der Waals surface area (Å²) in [6.07, 6.45) is 0. The van der Waals surface area contributed by atoms with Gasteiger partial charge in [0.05, 0.1) is 5.02 Å². The lowest BCUT2D eigenvalue weighted by atomic mass is 10.3. The highest BCUT2D eigenvalue weighted by Gasteiger charge is 2.21. The first kappa shape index (κ1) is 14.5. The number of ether oxygens (including phenoxy) is 1. The van der Waals surface area contributed by atoms with Crippen molar-refractivity contribution >= 4 is 50.2 Å². The molecule has 1 aromatic rings. The fourth-order valence-corrected chi connectivity index (χ4v) is 2.40. The van der Waals surface area contributed by atoms with Crippen LogP contribution in [0.15, 0.2) is 17.0 Å². The lowest BCUT2D eigenvalue weighted by Gasteiger charge is -2.10. The van der Waals surface area contributed by atoms with E-state index < -0.39 is 26.9 Å². The average Bonchev–Trinajstić information content (AvgIpc) is 2.13. The number of rotatable bonds is 4. The molecule has 0 aliphatic carbocycles. The summed E-state index contributed by atoms with van der Waals surface area (Å²) in [5.74, 6) is -0.382. The van der Waals surface area contributed by atoms with Gasteiger partial charge in [0.25, 0.3) is 15.4 Å². The second-order valence-electron chi connectivity index (χ2n) is 2.83. The third kappa shape index (κ3) is 4.01. The fourth-order valence-electron chi connectivity index (χ4n) is 0.997. The number of carbonyl (C=O) groups excluding carboxylic acids is 1. The maximum atomic E-state index is 11.0. The molecule has 1 aromatic carbocycles. The molecular formula is C8H5Cl3O5S. The predicted molar refractivity (Wildman–Crippen MR) is 62.6 cm³/mol. The first-order chi connectivity index (χ1) is 7.71. The molecule has 1 N–H and O–H groups in total. The Hall–Kier alpha value is -0.530. The SMILES string of the molecule is O=C(Cl)COc1c(Cl)cc(Cl)cc1S(=O)(=O)O. The highest BCUT2D eigenvalue weighted by atomic mass is 35.5. The van der Waals surface area contributed by atoms with Gasteiger partial charge in [-0.15, -0.1) is 0 Å². The predicted octanol–water partition coefficient (Wildman–Crippen LogP) is 2.38. The summed E-state index contributed by atoms with van der Waals surface area (Å²) in [6, 6.07) is 2.14. The molecule has 0 amide bonds. The van der Waals surface area contributed by atoms with E-state index in [-0.39, 0.29) is 15.8 Å². The van der Waals surface area contributed by atoms with Crippen LogP contribution in [0.25, 0.3) is 0 Å². The van der Waals surface area contributed by atoms with E-state index in [9.17, 15) is 13.2 Å². The number of benzene rings is 1. The quantitative estimate of drug-likeness (QED) is 0.681. The van der Waals surface area contributed by atoms with Crippen LogP contribution < -0.4 is 4.74 Å². The van der Waals surface area contributed by atoms with Crippen molar-refractivity contribution in [1.29, 1.82) is 0 Å². The Kier molecular flexibility index (Phi) is 4.62. The zero-order chi connectivity index (χ0) is 13.2. The molecule has 0 aromatic heterocycles. The van der Waals surface area contributed by atoms with E-state index in [2.05, 4.69) is 0 Å². The lowest BCUT2D eigenvalue weighted by molar-refractivity contribution is -0.113. The van der Waals surface area contributed by atoms with E-state index in [1.807, 2.05) is 0 Å². The van der Waals surface area contributed by atoms with Crippen LogP contribution in [0.2, 0.25) is 10.0 Å². The second-order valence-corrected chi connectivity index (χ2v) is 5.49. The van der Waals surface area contributed by atoms with Crippen molar-refractivity contribution in [3.8, 4) is 5.75 Å². The average molecular weight is 320 g/mol. The Bertz CT molecular complexity index is 555. The standard InChI is InChI=1S/C8H5Cl3O5S/c9-4-1-5(10)8(16-3-7(11)12)6(2-4)17(13,14)15/h1-2H,3H2,(H,13,14,15). The third-order valence-corrected chi connectivity index (χ3v) is 3.05. The van der Waals surface area contributed by atoms with E-state index in [1.54, 1.807) is 0 Å². The van der Waals surface area contributed by atoms with Crippen LogP contribution in [0, 0.1) is 0 Å². The summed E-state index contributed by atoms with van der Waals surface area (Å²) in [4.78, 5) is 9.88. The van der Waals surface area contributed by atoms with Gasteiger partial charge in [-0.1, -0.05) is 23.2 Å². The molecule has 0 heterocycles. The molecule has 0 saturated heterocycles. The smallest absolute Gasteiger partial charge is 0.298 e. The first-order valence-electron chi connectivity index (χ1n) is 3.99. The summed E-state index contributed by atoms with van der Waals surface area (Å²) < 4.78 is 35.8. The van der Waals surface area contributed by atoms with Crippen molar-refractivity contribution in [3.05, 3.63) is 22.2 Å². The summed E-state index contributed by atoms with van der Waals surface area (Å²) in [5.41, 5.74) is 0. The van der Waals surface area contributed by atoms with Gasteiger partial charge in [0.15, 0.2) is 12.4 Å². The zero-order valence-corrected chi connectivity index (χ0v) is 11.1. The van der Waals surface area contributed by atoms with Crippen LogP contribution in [0.5, 0.6) is 5.75 Å². The Morgan fingerprint density at radius 3 is 2.41 bits per heavy atom. The molecule has 5 nitrogen and oxygen atoms in total. The molecule has 94 valence electrons. The van der Waals surface area contributed by atoms with Gasteiger partial charge in [0.2, 0.25) is 0 Å². The lowest BCUT2D eigenvalue weighted by Crippen LogP contribution is -2.09. The van der Waals surface area contributed by atoms with E-state index in [0.717, 1.165) is 6.07 Å². The van der Waals surface area contributed by atoms with Crippen LogP contribution >= 0.6 is 34.8 Å². The van der Waals surface area contributed by atoms with Crippen LogP contribution in [0.4, 0.5) is 0 Å². The molecule has 0 aliphatic rings. The molecule has 0 fully saturated rings. The Morgan fingerprint density at radius 2 is 1.94 bits per heavy atom. The molecule has 9 heteroatoms. The van der Waals surface area contributed by atoms with E-state index in [4.69, 9.17) is 44.1 Å². The van der Waals surface area contributed by atoms with Crippen LogP contribution in [0.1, 0.15) is 0 Å².